The van der Waals surface area contributed by atoms with Crippen LogP contribution in [0.3, 0.4) is 0 Å². The maximum Gasteiger partial charge on any atom is 0.471 e. The first-order valence-electron chi connectivity index (χ1n) is 12.4. The third-order valence-electron chi connectivity index (χ3n) is 6.96. The van der Waals surface area contributed by atoms with Gasteiger partial charge in [-0.25, -0.2) is 4.98 Å². The minimum Gasteiger partial charge on any atom is -0.332 e. The number of nitrogens with zero attached hydrogens (tertiary/aromatic N) is 5. The SMILES string of the molecule is Cc1ccc(-c2nc3ccc(-c4ccc(C#N)cc4)cn3c2CCN2CCN(C(=O)C(F)(F)F)CC2)cc1. The fourth-order valence-electron chi connectivity index (χ4n) is 4.80. The molecule has 0 bridgehead atoms. The quantitative estimate of drug-likeness (QED) is 0.370. The number of amides is 1. The van der Waals surface area contributed by atoms with Crippen LogP contribution in [0.5, 0.6) is 0 Å². The molecule has 0 saturated carbocycles. The predicted molar refractivity (Wildman–Crippen MR) is 138 cm³/mol. The lowest BCUT2D eigenvalue weighted by atomic mass is 10.1. The normalized spacial score (nSPS) is 14.6. The van der Waals surface area contributed by atoms with Gasteiger partial charge in [0, 0.05) is 50.9 Å². The number of piperazine rings is 1. The van der Waals surface area contributed by atoms with Crippen LogP contribution in [0.1, 0.15) is 16.8 Å². The molecule has 3 heterocycles. The predicted octanol–water partition coefficient (Wildman–Crippen LogP) is 5.10. The van der Waals surface area contributed by atoms with Crippen LogP contribution in [0.25, 0.3) is 28.0 Å². The Morgan fingerprint density at radius 3 is 2.18 bits per heavy atom. The molecule has 1 saturated heterocycles. The van der Waals surface area contributed by atoms with Crippen molar-refractivity contribution in [1.29, 1.82) is 5.26 Å². The number of carbonyl (C=O) groups is 1. The number of fused-ring (bicyclic) bond motifs is 1. The number of nitriles is 1. The highest BCUT2D eigenvalue weighted by Crippen LogP contribution is 2.29. The second kappa shape index (κ2) is 10.3. The zero-order valence-corrected chi connectivity index (χ0v) is 20.9. The number of halogens is 3. The maximum atomic E-state index is 12.8. The van der Waals surface area contributed by atoms with E-state index in [9.17, 15) is 18.0 Å². The fraction of sp³-hybridized carbons (Fsp3) is 0.276. The summed E-state index contributed by atoms with van der Waals surface area (Å²) in [5.74, 6) is -1.77. The third-order valence-corrected chi connectivity index (χ3v) is 6.96. The van der Waals surface area contributed by atoms with E-state index in [-0.39, 0.29) is 13.1 Å². The molecule has 6 nitrogen and oxygen atoms in total. The van der Waals surface area contributed by atoms with E-state index >= 15 is 0 Å². The molecule has 0 unspecified atom stereocenters. The van der Waals surface area contributed by atoms with Gasteiger partial charge in [0.2, 0.25) is 0 Å². The monoisotopic (exact) mass is 517 g/mol. The molecule has 2 aromatic heterocycles. The van der Waals surface area contributed by atoms with Crippen molar-refractivity contribution >= 4 is 11.6 Å². The Labute approximate surface area is 218 Å². The number of hydrogen-bond donors (Lipinski definition) is 0. The van der Waals surface area contributed by atoms with Gasteiger partial charge in [-0.05, 0) is 42.3 Å². The van der Waals surface area contributed by atoms with Gasteiger partial charge in [-0.3, -0.25) is 9.69 Å². The van der Waals surface area contributed by atoms with Gasteiger partial charge >= 0.3 is 12.1 Å². The lowest BCUT2D eigenvalue weighted by molar-refractivity contribution is -0.187. The minimum atomic E-state index is -4.84. The number of imidazole rings is 1. The van der Waals surface area contributed by atoms with Gasteiger partial charge in [0.15, 0.2) is 0 Å². The molecule has 1 aliphatic heterocycles. The molecule has 1 aliphatic rings. The first-order chi connectivity index (χ1) is 18.2. The van der Waals surface area contributed by atoms with Crippen LogP contribution in [-0.4, -0.2) is 64.0 Å². The number of rotatable bonds is 5. The number of hydrogen-bond acceptors (Lipinski definition) is 4. The molecule has 5 rings (SSSR count). The number of alkyl halides is 3. The molecule has 1 fully saturated rings. The van der Waals surface area contributed by atoms with Crippen molar-refractivity contribution < 1.29 is 18.0 Å². The van der Waals surface area contributed by atoms with Gasteiger partial charge in [0.1, 0.15) is 5.65 Å². The van der Waals surface area contributed by atoms with Gasteiger partial charge in [0.25, 0.3) is 0 Å². The van der Waals surface area contributed by atoms with E-state index < -0.39 is 12.1 Å². The van der Waals surface area contributed by atoms with Gasteiger partial charge in [-0.15, -0.1) is 0 Å². The van der Waals surface area contributed by atoms with Crippen LogP contribution in [0.4, 0.5) is 13.2 Å². The smallest absolute Gasteiger partial charge is 0.332 e. The highest BCUT2D eigenvalue weighted by Gasteiger charge is 2.43. The summed E-state index contributed by atoms with van der Waals surface area (Å²) < 4.78 is 40.5. The van der Waals surface area contributed by atoms with Crippen molar-refractivity contribution in [1.82, 2.24) is 19.2 Å². The van der Waals surface area contributed by atoms with E-state index in [4.69, 9.17) is 10.2 Å². The van der Waals surface area contributed by atoms with Crippen LogP contribution in [-0.2, 0) is 11.2 Å². The lowest BCUT2D eigenvalue weighted by Crippen LogP contribution is -2.52. The molecular weight excluding hydrogens is 491 g/mol. The fourth-order valence-corrected chi connectivity index (χ4v) is 4.80. The molecule has 0 atom stereocenters. The largest absolute Gasteiger partial charge is 0.471 e. The van der Waals surface area contributed by atoms with Crippen LogP contribution in [0, 0.1) is 18.3 Å². The van der Waals surface area contributed by atoms with Crippen LogP contribution >= 0.6 is 0 Å². The van der Waals surface area contributed by atoms with E-state index in [0.29, 0.717) is 31.6 Å². The van der Waals surface area contributed by atoms with E-state index in [0.717, 1.165) is 44.2 Å². The van der Waals surface area contributed by atoms with E-state index in [2.05, 4.69) is 15.4 Å². The summed E-state index contributed by atoms with van der Waals surface area (Å²) in [5, 5.41) is 9.11. The molecular formula is C29H26F3N5O. The number of aromatic nitrogens is 2. The molecule has 0 aliphatic carbocycles. The highest BCUT2D eigenvalue weighted by molar-refractivity contribution is 5.82. The zero-order chi connectivity index (χ0) is 26.9. The van der Waals surface area contributed by atoms with Crippen molar-refractivity contribution in [3.8, 4) is 28.5 Å². The van der Waals surface area contributed by atoms with Crippen LogP contribution in [0.15, 0.2) is 66.9 Å². The van der Waals surface area contributed by atoms with Crippen molar-refractivity contribution in [2.45, 2.75) is 19.5 Å². The minimum absolute atomic E-state index is 0.0547. The topological polar surface area (TPSA) is 64.6 Å². The first-order valence-corrected chi connectivity index (χ1v) is 12.4. The van der Waals surface area contributed by atoms with Crippen molar-refractivity contribution in [2.24, 2.45) is 0 Å². The number of aryl methyl sites for hydroxylation is 1. The average Bonchev–Trinajstić information content (AvgIpc) is 3.29. The van der Waals surface area contributed by atoms with Crippen molar-refractivity contribution in [2.75, 3.05) is 32.7 Å². The van der Waals surface area contributed by atoms with Gasteiger partial charge < -0.3 is 9.30 Å². The Morgan fingerprint density at radius 1 is 0.921 bits per heavy atom. The second-order valence-corrected chi connectivity index (χ2v) is 9.49. The summed E-state index contributed by atoms with van der Waals surface area (Å²) in [6, 6.07) is 21.7. The van der Waals surface area contributed by atoms with Gasteiger partial charge in [-0.1, -0.05) is 42.0 Å². The standard InChI is InChI=1S/C29H26F3N5O/c1-20-2-6-23(7-3-20)27-25(12-13-35-14-16-36(17-15-35)28(38)29(30,31)32)37-19-24(10-11-26(37)34-27)22-8-4-21(18-33)5-9-22/h2-11,19H,12-17H2,1H3. The molecule has 194 valence electrons. The van der Waals surface area contributed by atoms with Crippen LogP contribution < -0.4 is 0 Å². The number of carbonyl (C=O) groups excluding carboxylic acids is 1. The third kappa shape index (κ3) is 5.27. The molecule has 9 heteroatoms. The summed E-state index contributed by atoms with van der Waals surface area (Å²) in [6.45, 7) is 3.53. The summed E-state index contributed by atoms with van der Waals surface area (Å²) in [5.41, 5.74) is 7.37. The summed E-state index contributed by atoms with van der Waals surface area (Å²) in [6.07, 6.45) is -2.17. The molecule has 0 N–H and O–H groups in total. The Bertz CT molecular complexity index is 1490. The number of benzene rings is 2. The first kappa shape index (κ1) is 25.5. The van der Waals surface area contributed by atoms with Crippen molar-refractivity contribution in [3.63, 3.8) is 0 Å². The molecule has 1 amide bonds. The number of pyridine rings is 1. The van der Waals surface area contributed by atoms with Crippen molar-refractivity contribution in [3.05, 3.63) is 83.7 Å². The Morgan fingerprint density at radius 2 is 1.55 bits per heavy atom. The maximum absolute atomic E-state index is 12.8. The molecule has 4 aromatic rings. The Balaban J connectivity index is 1.43. The summed E-state index contributed by atoms with van der Waals surface area (Å²) >= 11 is 0. The van der Waals surface area contributed by atoms with E-state index in [1.807, 2.05) is 61.7 Å². The van der Waals surface area contributed by atoms with Gasteiger partial charge in [0.05, 0.1) is 23.0 Å². The molecule has 38 heavy (non-hydrogen) atoms. The van der Waals surface area contributed by atoms with E-state index in [1.54, 1.807) is 12.1 Å². The second-order valence-electron chi connectivity index (χ2n) is 9.49. The molecule has 0 spiro atoms. The average molecular weight is 518 g/mol. The van der Waals surface area contributed by atoms with Gasteiger partial charge in [-0.2, -0.15) is 18.4 Å². The van der Waals surface area contributed by atoms with Crippen LogP contribution in [0.2, 0.25) is 0 Å². The summed E-state index contributed by atoms with van der Waals surface area (Å²) in [7, 11) is 0. The van der Waals surface area contributed by atoms with E-state index in [1.165, 1.54) is 0 Å². The highest BCUT2D eigenvalue weighted by atomic mass is 19.4. The zero-order valence-electron chi connectivity index (χ0n) is 20.9. The lowest BCUT2D eigenvalue weighted by Gasteiger charge is -2.34. The summed E-state index contributed by atoms with van der Waals surface area (Å²) in [4.78, 5) is 19.5. The Kier molecular flexibility index (Phi) is 6.91. The molecule has 2 aromatic carbocycles. The Hall–Kier alpha value is -4.16. The molecule has 0 radical (unpaired) electrons.